The van der Waals surface area contributed by atoms with Gasteiger partial charge in [0, 0.05) is 12.2 Å². The van der Waals surface area contributed by atoms with Crippen molar-refractivity contribution in [3.05, 3.63) is 12.2 Å². The molecule has 0 aromatic rings. The number of ether oxygens (including phenoxy) is 2. The number of hydrogen-bond donors (Lipinski definition) is 0. The van der Waals surface area contributed by atoms with Gasteiger partial charge in [-0.05, 0) is 34.1 Å². The molecule has 0 heterocycles. The molecule has 0 saturated carbocycles. The predicted octanol–water partition coefficient (Wildman–Crippen LogP) is 5.43. The first-order chi connectivity index (χ1) is 10.3. The molecule has 1 atom stereocenters. The number of esters is 1. The highest BCUT2D eigenvalue weighted by Gasteiger charge is 2.29. The molecular weight excluding hydrogens is 276 g/mol. The van der Waals surface area contributed by atoms with Crippen LogP contribution in [0.25, 0.3) is 0 Å². The van der Waals surface area contributed by atoms with Gasteiger partial charge in [-0.25, -0.2) is 4.79 Å². The van der Waals surface area contributed by atoms with Crippen LogP contribution in [-0.4, -0.2) is 24.3 Å². The number of unbranched alkanes of at least 4 members (excludes halogenated alkanes) is 7. The monoisotopic (exact) mass is 312 g/mol. The van der Waals surface area contributed by atoms with Crippen LogP contribution in [0.3, 0.4) is 0 Å². The molecule has 0 spiro atoms. The van der Waals surface area contributed by atoms with Crippen LogP contribution in [0.2, 0.25) is 0 Å². The molecule has 22 heavy (non-hydrogen) atoms. The molecule has 0 aliphatic heterocycles. The lowest BCUT2D eigenvalue weighted by molar-refractivity contribution is -0.162. The predicted molar refractivity (Wildman–Crippen MR) is 93.0 cm³/mol. The molecule has 130 valence electrons. The van der Waals surface area contributed by atoms with E-state index in [0.717, 1.165) is 13.0 Å². The highest BCUT2D eigenvalue weighted by atomic mass is 16.6. The van der Waals surface area contributed by atoms with Crippen molar-refractivity contribution in [3.63, 3.8) is 0 Å². The van der Waals surface area contributed by atoms with E-state index in [1.165, 1.54) is 44.9 Å². The lowest BCUT2D eigenvalue weighted by atomic mass is 10.0. The van der Waals surface area contributed by atoms with Gasteiger partial charge in [0.15, 0.2) is 0 Å². The maximum absolute atomic E-state index is 11.5. The van der Waals surface area contributed by atoms with E-state index in [2.05, 4.69) is 13.5 Å². The van der Waals surface area contributed by atoms with Crippen molar-refractivity contribution in [1.82, 2.24) is 0 Å². The zero-order chi connectivity index (χ0) is 17.0. The molecule has 1 unspecified atom stereocenters. The average Bonchev–Trinajstić information content (AvgIpc) is 2.45. The van der Waals surface area contributed by atoms with E-state index in [0.29, 0.717) is 5.57 Å². The lowest BCUT2D eigenvalue weighted by Gasteiger charge is -2.31. The highest BCUT2D eigenvalue weighted by Crippen LogP contribution is 2.19. The maximum atomic E-state index is 11.5. The Hall–Kier alpha value is -0.830. The zero-order valence-electron chi connectivity index (χ0n) is 15.4. The molecule has 0 aromatic carbocycles. The van der Waals surface area contributed by atoms with Crippen LogP contribution in [0.4, 0.5) is 0 Å². The van der Waals surface area contributed by atoms with Crippen molar-refractivity contribution < 1.29 is 14.3 Å². The Kier molecular flexibility index (Phi) is 11.3. The summed E-state index contributed by atoms with van der Waals surface area (Å²) >= 11 is 0. The molecule has 0 radical (unpaired) electrons. The molecule has 0 bridgehead atoms. The zero-order valence-corrected chi connectivity index (χ0v) is 15.4. The van der Waals surface area contributed by atoms with Crippen LogP contribution >= 0.6 is 0 Å². The highest BCUT2D eigenvalue weighted by molar-refractivity contribution is 5.87. The van der Waals surface area contributed by atoms with Gasteiger partial charge in [-0.2, -0.15) is 0 Å². The number of rotatable bonds is 13. The Morgan fingerprint density at radius 1 is 1.05 bits per heavy atom. The van der Waals surface area contributed by atoms with Crippen LogP contribution in [0.15, 0.2) is 12.2 Å². The van der Waals surface area contributed by atoms with Gasteiger partial charge >= 0.3 is 5.97 Å². The van der Waals surface area contributed by atoms with Gasteiger partial charge in [-0.1, -0.05) is 58.4 Å². The summed E-state index contributed by atoms with van der Waals surface area (Å²) in [6.07, 6.45) is 9.99. The molecule has 0 saturated heterocycles. The van der Waals surface area contributed by atoms with E-state index < -0.39 is 5.60 Å². The number of hydrogen-bond acceptors (Lipinski definition) is 3. The Morgan fingerprint density at radius 3 is 2.05 bits per heavy atom. The molecular formula is C19H36O3. The second kappa shape index (κ2) is 11.7. The maximum Gasteiger partial charge on any atom is 0.333 e. The molecule has 0 aromatic heterocycles. The average molecular weight is 312 g/mol. The molecule has 0 aliphatic carbocycles. The van der Waals surface area contributed by atoms with Crippen molar-refractivity contribution in [2.75, 3.05) is 6.61 Å². The van der Waals surface area contributed by atoms with Gasteiger partial charge in [0.1, 0.15) is 6.10 Å². The molecule has 3 nitrogen and oxygen atoms in total. The third kappa shape index (κ3) is 9.99. The number of carbonyl (C=O) groups excluding carboxylic acids is 1. The van der Waals surface area contributed by atoms with Crippen LogP contribution in [0, 0.1) is 0 Å². The molecule has 0 N–H and O–H groups in total. The van der Waals surface area contributed by atoms with Gasteiger partial charge in [0.25, 0.3) is 0 Å². The van der Waals surface area contributed by atoms with Gasteiger partial charge in [0.2, 0.25) is 0 Å². The largest absolute Gasteiger partial charge is 0.456 e. The first kappa shape index (κ1) is 21.2. The summed E-state index contributed by atoms with van der Waals surface area (Å²) in [6.45, 7) is 14.0. The summed E-state index contributed by atoms with van der Waals surface area (Å²) in [5.41, 5.74) is -0.0441. The standard InChI is InChI=1S/C19H36O3/c1-7-8-9-10-11-12-13-14-15-21-19(5,6)17(4)22-18(20)16(2)3/h17H,2,7-15H2,1,3-6H3. The topological polar surface area (TPSA) is 35.5 Å². The van der Waals surface area contributed by atoms with E-state index >= 15 is 0 Å². The number of carbonyl (C=O) groups is 1. The van der Waals surface area contributed by atoms with Crippen molar-refractivity contribution in [2.24, 2.45) is 0 Å². The van der Waals surface area contributed by atoms with Crippen molar-refractivity contribution in [1.29, 1.82) is 0 Å². The molecule has 0 aliphatic rings. The van der Waals surface area contributed by atoms with E-state index in [1.807, 2.05) is 20.8 Å². The molecule has 0 fully saturated rings. The summed E-state index contributed by atoms with van der Waals surface area (Å²) in [5, 5.41) is 0. The quantitative estimate of drug-likeness (QED) is 0.258. The third-order valence-electron chi connectivity index (χ3n) is 4.08. The van der Waals surface area contributed by atoms with E-state index in [-0.39, 0.29) is 12.1 Å². The molecule has 0 rings (SSSR count). The first-order valence-corrected chi connectivity index (χ1v) is 8.81. The van der Waals surface area contributed by atoms with Crippen molar-refractivity contribution >= 4 is 5.97 Å². The minimum Gasteiger partial charge on any atom is -0.456 e. The van der Waals surface area contributed by atoms with Crippen LogP contribution < -0.4 is 0 Å². The summed E-state index contributed by atoms with van der Waals surface area (Å²) < 4.78 is 11.3. The van der Waals surface area contributed by atoms with E-state index in [1.54, 1.807) is 6.92 Å². The lowest BCUT2D eigenvalue weighted by Crippen LogP contribution is -2.40. The summed E-state index contributed by atoms with van der Waals surface area (Å²) in [4.78, 5) is 11.5. The summed E-state index contributed by atoms with van der Waals surface area (Å²) in [6, 6.07) is 0. The van der Waals surface area contributed by atoms with E-state index in [9.17, 15) is 4.79 Å². The molecule has 3 heteroatoms. The normalized spacial score (nSPS) is 13.0. The van der Waals surface area contributed by atoms with E-state index in [4.69, 9.17) is 9.47 Å². The minimum atomic E-state index is -0.466. The van der Waals surface area contributed by atoms with Gasteiger partial charge < -0.3 is 9.47 Å². The first-order valence-electron chi connectivity index (χ1n) is 8.81. The van der Waals surface area contributed by atoms with Crippen LogP contribution in [0.5, 0.6) is 0 Å². The Bertz CT molecular complexity index is 321. The molecule has 0 amide bonds. The summed E-state index contributed by atoms with van der Waals surface area (Å²) in [5.74, 6) is -0.351. The Balaban J connectivity index is 3.75. The fourth-order valence-corrected chi connectivity index (χ4v) is 2.09. The summed E-state index contributed by atoms with van der Waals surface area (Å²) in [7, 11) is 0. The van der Waals surface area contributed by atoms with Crippen LogP contribution in [-0.2, 0) is 14.3 Å². The fraction of sp³-hybridized carbons (Fsp3) is 0.842. The second-order valence-electron chi connectivity index (χ2n) is 6.75. The fourth-order valence-electron chi connectivity index (χ4n) is 2.09. The SMILES string of the molecule is C=C(C)C(=O)OC(C)C(C)(C)OCCCCCCCCCC. The van der Waals surface area contributed by atoms with Crippen molar-refractivity contribution in [3.8, 4) is 0 Å². The minimum absolute atomic E-state index is 0.286. The van der Waals surface area contributed by atoms with Crippen LogP contribution in [0.1, 0.15) is 86.0 Å². The smallest absolute Gasteiger partial charge is 0.333 e. The van der Waals surface area contributed by atoms with Gasteiger partial charge in [-0.3, -0.25) is 0 Å². The Labute approximate surface area is 137 Å². The van der Waals surface area contributed by atoms with Crippen molar-refractivity contribution in [2.45, 2.75) is 97.7 Å². The second-order valence-corrected chi connectivity index (χ2v) is 6.75. The third-order valence-corrected chi connectivity index (χ3v) is 4.08. The van der Waals surface area contributed by atoms with Gasteiger partial charge in [0.05, 0.1) is 5.60 Å². The van der Waals surface area contributed by atoms with Gasteiger partial charge in [-0.15, -0.1) is 0 Å². The Morgan fingerprint density at radius 2 is 1.55 bits per heavy atom.